The van der Waals surface area contributed by atoms with Crippen molar-refractivity contribution in [3.8, 4) is 0 Å². The van der Waals surface area contributed by atoms with Crippen LogP contribution in [0.2, 0.25) is 0 Å². The second kappa shape index (κ2) is 7.53. The van der Waals surface area contributed by atoms with Crippen LogP contribution in [-0.4, -0.2) is 41.4 Å². The van der Waals surface area contributed by atoms with Crippen molar-refractivity contribution >= 4 is 5.95 Å². The normalized spacial score (nSPS) is 19.4. The molecular formula is C15H27N5. The average molecular weight is 277 g/mol. The summed E-state index contributed by atoms with van der Waals surface area (Å²) >= 11 is 0. The van der Waals surface area contributed by atoms with Crippen LogP contribution < -0.4 is 10.2 Å². The molecule has 2 heterocycles. The Hall–Kier alpha value is -1.23. The van der Waals surface area contributed by atoms with Crippen LogP contribution in [0.15, 0.2) is 0 Å². The molecule has 0 aromatic carbocycles. The summed E-state index contributed by atoms with van der Waals surface area (Å²) in [6.07, 6.45) is 6.77. The number of piperidine rings is 1. The maximum absolute atomic E-state index is 4.78. The number of nitrogens with zero attached hydrogens (tertiary/aromatic N) is 4. The first-order valence-electron chi connectivity index (χ1n) is 7.93. The molecule has 0 bridgehead atoms. The standard InChI is InChI=1S/C15H27N5/c1-4-13-14(5-2)18-19-15(17-13)20-11-7-6-8-12(20)9-10-16-3/h12,16H,4-11H2,1-3H3. The lowest BCUT2D eigenvalue weighted by Gasteiger charge is -2.35. The van der Waals surface area contributed by atoms with Gasteiger partial charge in [-0.25, -0.2) is 4.98 Å². The van der Waals surface area contributed by atoms with Gasteiger partial charge in [0.25, 0.3) is 0 Å². The summed E-state index contributed by atoms with van der Waals surface area (Å²) in [7, 11) is 2.01. The van der Waals surface area contributed by atoms with Crippen LogP contribution in [0.5, 0.6) is 0 Å². The van der Waals surface area contributed by atoms with Crippen molar-refractivity contribution in [2.75, 3.05) is 25.0 Å². The van der Waals surface area contributed by atoms with Crippen molar-refractivity contribution in [1.29, 1.82) is 0 Å². The van der Waals surface area contributed by atoms with Gasteiger partial charge in [-0.15, -0.1) is 5.10 Å². The molecule has 0 saturated carbocycles. The summed E-state index contributed by atoms with van der Waals surface area (Å²) in [6, 6.07) is 0.551. The summed E-state index contributed by atoms with van der Waals surface area (Å²) in [5.41, 5.74) is 2.15. The molecule has 1 aromatic heterocycles. The first kappa shape index (κ1) is 15.2. The first-order chi connectivity index (χ1) is 9.80. The van der Waals surface area contributed by atoms with Crippen LogP contribution in [-0.2, 0) is 12.8 Å². The van der Waals surface area contributed by atoms with Gasteiger partial charge in [0.05, 0.1) is 11.4 Å². The van der Waals surface area contributed by atoms with E-state index >= 15 is 0 Å². The maximum Gasteiger partial charge on any atom is 0.245 e. The van der Waals surface area contributed by atoms with Crippen LogP contribution in [0, 0.1) is 0 Å². The Balaban J connectivity index is 2.18. The lowest BCUT2D eigenvalue weighted by Crippen LogP contribution is -2.42. The van der Waals surface area contributed by atoms with Gasteiger partial charge in [0.2, 0.25) is 5.95 Å². The van der Waals surface area contributed by atoms with E-state index in [1.165, 1.54) is 19.3 Å². The monoisotopic (exact) mass is 277 g/mol. The van der Waals surface area contributed by atoms with Crippen LogP contribution in [0.4, 0.5) is 5.95 Å². The number of aromatic nitrogens is 3. The molecule has 112 valence electrons. The van der Waals surface area contributed by atoms with E-state index in [0.717, 1.165) is 49.7 Å². The zero-order valence-electron chi connectivity index (χ0n) is 13.0. The highest BCUT2D eigenvalue weighted by molar-refractivity contribution is 5.33. The largest absolute Gasteiger partial charge is 0.336 e. The molecule has 1 aromatic rings. The lowest BCUT2D eigenvalue weighted by atomic mass is 10.00. The quantitative estimate of drug-likeness (QED) is 0.861. The molecule has 5 heteroatoms. The van der Waals surface area contributed by atoms with Crippen LogP contribution in [0.3, 0.4) is 0 Å². The predicted molar refractivity (Wildman–Crippen MR) is 82.1 cm³/mol. The summed E-state index contributed by atoms with van der Waals surface area (Å²) in [5, 5.41) is 12.0. The van der Waals surface area contributed by atoms with Gasteiger partial charge in [0, 0.05) is 12.6 Å². The molecule has 0 amide bonds. The fourth-order valence-electron chi connectivity index (χ4n) is 2.92. The van der Waals surface area contributed by atoms with Crippen molar-refractivity contribution in [2.24, 2.45) is 0 Å². The second-order valence-electron chi connectivity index (χ2n) is 5.45. The average Bonchev–Trinajstić information content (AvgIpc) is 2.52. The van der Waals surface area contributed by atoms with Crippen molar-refractivity contribution in [2.45, 2.75) is 58.4 Å². The van der Waals surface area contributed by atoms with Gasteiger partial charge in [0.1, 0.15) is 0 Å². The third-order valence-corrected chi connectivity index (χ3v) is 4.11. The van der Waals surface area contributed by atoms with E-state index in [9.17, 15) is 0 Å². The Morgan fingerprint density at radius 1 is 1.15 bits per heavy atom. The summed E-state index contributed by atoms with van der Waals surface area (Å²) in [5.74, 6) is 0.833. The minimum atomic E-state index is 0.551. The SMILES string of the molecule is CCc1nnc(N2CCCCC2CCNC)nc1CC. The summed E-state index contributed by atoms with van der Waals surface area (Å²) < 4.78 is 0. The highest BCUT2D eigenvalue weighted by atomic mass is 15.3. The van der Waals surface area contributed by atoms with Crippen molar-refractivity contribution in [3.05, 3.63) is 11.4 Å². The smallest absolute Gasteiger partial charge is 0.245 e. The summed E-state index contributed by atoms with van der Waals surface area (Å²) in [4.78, 5) is 7.14. The Labute approximate surface area is 122 Å². The Morgan fingerprint density at radius 3 is 2.65 bits per heavy atom. The lowest BCUT2D eigenvalue weighted by molar-refractivity contribution is 0.425. The van der Waals surface area contributed by atoms with Gasteiger partial charge in [-0.05, 0) is 52.1 Å². The molecule has 1 aliphatic heterocycles. The molecule has 1 unspecified atom stereocenters. The number of hydrogen-bond acceptors (Lipinski definition) is 5. The molecule has 0 spiro atoms. The van der Waals surface area contributed by atoms with E-state index in [4.69, 9.17) is 4.98 Å². The third kappa shape index (κ3) is 3.45. The maximum atomic E-state index is 4.78. The van der Waals surface area contributed by atoms with Gasteiger partial charge < -0.3 is 10.2 Å². The molecule has 1 aliphatic rings. The fourth-order valence-corrected chi connectivity index (χ4v) is 2.92. The zero-order valence-corrected chi connectivity index (χ0v) is 13.0. The van der Waals surface area contributed by atoms with E-state index in [1.54, 1.807) is 0 Å². The molecule has 0 radical (unpaired) electrons. The fraction of sp³-hybridized carbons (Fsp3) is 0.800. The molecule has 0 aliphatic carbocycles. The first-order valence-corrected chi connectivity index (χ1v) is 7.93. The highest BCUT2D eigenvalue weighted by Gasteiger charge is 2.25. The Bertz CT molecular complexity index is 421. The highest BCUT2D eigenvalue weighted by Crippen LogP contribution is 2.23. The van der Waals surface area contributed by atoms with Crippen LogP contribution >= 0.6 is 0 Å². The van der Waals surface area contributed by atoms with Gasteiger partial charge in [-0.2, -0.15) is 5.10 Å². The number of nitrogens with one attached hydrogen (secondary N) is 1. The predicted octanol–water partition coefficient (Wildman–Crippen LogP) is 1.96. The molecule has 1 saturated heterocycles. The van der Waals surface area contributed by atoms with E-state index in [1.807, 2.05) is 7.05 Å². The summed E-state index contributed by atoms with van der Waals surface area (Å²) in [6.45, 7) is 6.36. The van der Waals surface area contributed by atoms with Gasteiger partial charge in [-0.1, -0.05) is 13.8 Å². The van der Waals surface area contributed by atoms with E-state index in [2.05, 4.69) is 34.3 Å². The van der Waals surface area contributed by atoms with Gasteiger partial charge >= 0.3 is 0 Å². The number of rotatable bonds is 6. The minimum Gasteiger partial charge on any atom is -0.336 e. The second-order valence-corrected chi connectivity index (χ2v) is 5.45. The van der Waals surface area contributed by atoms with E-state index in [-0.39, 0.29) is 0 Å². The van der Waals surface area contributed by atoms with E-state index in [0.29, 0.717) is 6.04 Å². The molecule has 2 rings (SSSR count). The molecule has 1 N–H and O–H groups in total. The topological polar surface area (TPSA) is 53.9 Å². The molecule has 5 nitrogen and oxygen atoms in total. The molecule has 1 fully saturated rings. The third-order valence-electron chi connectivity index (χ3n) is 4.11. The van der Waals surface area contributed by atoms with Gasteiger partial charge in [0.15, 0.2) is 0 Å². The number of anilines is 1. The van der Waals surface area contributed by atoms with Crippen LogP contribution in [0.1, 0.15) is 50.9 Å². The zero-order chi connectivity index (χ0) is 14.4. The minimum absolute atomic E-state index is 0.551. The Kier molecular flexibility index (Phi) is 5.71. The number of hydrogen-bond donors (Lipinski definition) is 1. The van der Waals surface area contributed by atoms with Crippen LogP contribution in [0.25, 0.3) is 0 Å². The van der Waals surface area contributed by atoms with Crippen molar-refractivity contribution in [1.82, 2.24) is 20.5 Å². The molecule has 20 heavy (non-hydrogen) atoms. The van der Waals surface area contributed by atoms with Gasteiger partial charge in [-0.3, -0.25) is 0 Å². The van der Waals surface area contributed by atoms with Crippen molar-refractivity contribution in [3.63, 3.8) is 0 Å². The molecular weight excluding hydrogens is 250 g/mol. The Morgan fingerprint density at radius 2 is 1.95 bits per heavy atom. The molecule has 1 atom stereocenters. The number of aryl methyl sites for hydroxylation is 2. The van der Waals surface area contributed by atoms with E-state index < -0.39 is 0 Å². The van der Waals surface area contributed by atoms with Crippen molar-refractivity contribution < 1.29 is 0 Å².